The third-order valence-electron chi connectivity index (χ3n) is 5.72. The number of alkyl halides is 1. The Bertz CT molecular complexity index is 884. The van der Waals surface area contributed by atoms with Crippen LogP contribution in [0.15, 0.2) is 24.3 Å². The quantitative estimate of drug-likeness (QED) is 0.740. The van der Waals surface area contributed by atoms with Crippen LogP contribution in [0.3, 0.4) is 0 Å². The van der Waals surface area contributed by atoms with Gasteiger partial charge in [-0.05, 0) is 25.8 Å². The summed E-state index contributed by atoms with van der Waals surface area (Å²) < 4.78 is 7.20. The molecule has 2 aliphatic rings. The van der Waals surface area contributed by atoms with E-state index in [1.807, 2.05) is 30.1 Å². The first kappa shape index (κ1) is 18.2. The van der Waals surface area contributed by atoms with Crippen molar-refractivity contribution < 1.29 is 14.3 Å². The van der Waals surface area contributed by atoms with Crippen molar-refractivity contribution in [3.8, 4) is 0 Å². The van der Waals surface area contributed by atoms with E-state index in [9.17, 15) is 9.59 Å². The van der Waals surface area contributed by atoms with Gasteiger partial charge in [0.1, 0.15) is 0 Å². The third-order valence-corrected chi connectivity index (χ3v) is 5.81. The lowest BCUT2D eigenvalue weighted by molar-refractivity contribution is 0.0502. The van der Waals surface area contributed by atoms with E-state index in [0.29, 0.717) is 13.1 Å². The average molecular weight is 390 g/mol. The van der Waals surface area contributed by atoms with Crippen molar-refractivity contribution in [2.45, 2.75) is 37.8 Å². The smallest absolute Gasteiger partial charge is 0.411 e. The minimum atomic E-state index is -0.635. The number of carbonyl (C=O) groups is 2. The summed E-state index contributed by atoms with van der Waals surface area (Å²) in [6, 6.07) is 8.24. The Morgan fingerprint density at radius 3 is 2.63 bits per heavy atom. The van der Waals surface area contributed by atoms with Gasteiger partial charge in [-0.3, -0.25) is 4.79 Å². The number of piperidine rings is 1. The molecule has 2 amide bonds. The maximum Gasteiger partial charge on any atom is 0.411 e. The minimum absolute atomic E-state index is 0.114. The van der Waals surface area contributed by atoms with Crippen molar-refractivity contribution in [3.05, 3.63) is 35.5 Å². The monoisotopic (exact) mass is 389 g/mol. The summed E-state index contributed by atoms with van der Waals surface area (Å²) in [6.45, 7) is 3.52. The topological polar surface area (TPSA) is 54.8 Å². The number of para-hydroxylation sites is 1. The molecule has 0 aliphatic carbocycles. The molecule has 0 N–H and O–H groups in total. The lowest BCUT2D eigenvalue weighted by Crippen LogP contribution is -2.51. The molecule has 0 radical (unpaired) electrons. The molecule has 27 heavy (non-hydrogen) atoms. The molecular weight excluding hydrogens is 366 g/mol. The van der Waals surface area contributed by atoms with Crippen LogP contribution in [0.1, 0.15) is 35.8 Å². The van der Waals surface area contributed by atoms with Gasteiger partial charge in [-0.2, -0.15) is 0 Å². The number of likely N-dealkylation sites (tertiary alicyclic amines) is 1. The first-order valence-corrected chi connectivity index (χ1v) is 9.88. The summed E-state index contributed by atoms with van der Waals surface area (Å²) in [7, 11) is 2.03. The summed E-state index contributed by atoms with van der Waals surface area (Å²) >= 11 is 5.73. The molecule has 1 unspecified atom stereocenters. The predicted molar refractivity (Wildman–Crippen MR) is 104 cm³/mol. The Labute approximate surface area is 163 Å². The molecule has 6 nitrogen and oxygen atoms in total. The second kappa shape index (κ2) is 7.08. The Morgan fingerprint density at radius 1 is 1.22 bits per heavy atom. The molecule has 1 saturated heterocycles. The molecule has 1 atom stereocenters. The third kappa shape index (κ3) is 3.16. The van der Waals surface area contributed by atoms with Crippen molar-refractivity contribution in [1.29, 1.82) is 0 Å². The van der Waals surface area contributed by atoms with Gasteiger partial charge in [-0.25, -0.2) is 4.79 Å². The van der Waals surface area contributed by atoms with E-state index in [1.54, 1.807) is 11.8 Å². The number of hydrogen-bond donors (Lipinski definition) is 0. The number of fused-ring (bicyclic) bond motifs is 3. The number of rotatable bonds is 2. The number of benzene rings is 1. The number of amides is 2. The Balaban J connectivity index is 1.51. The van der Waals surface area contributed by atoms with Gasteiger partial charge in [0.2, 0.25) is 0 Å². The van der Waals surface area contributed by atoms with E-state index in [-0.39, 0.29) is 18.0 Å². The zero-order valence-electron chi connectivity index (χ0n) is 15.7. The number of carbonyl (C=O) groups excluding carboxylic acids is 2. The second-order valence-corrected chi connectivity index (χ2v) is 7.91. The Kier molecular flexibility index (Phi) is 4.76. The van der Waals surface area contributed by atoms with Gasteiger partial charge < -0.3 is 19.1 Å². The summed E-state index contributed by atoms with van der Waals surface area (Å²) in [6.07, 6.45) is 2.00. The molecule has 0 spiro atoms. The van der Waals surface area contributed by atoms with Gasteiger partial charge in [-0.1, -0.05) is 29.8 Å². The molecule has 1 aromatic heterocycles. The normalized spacial score (nSPS) is 19.3. The molecule has 1 aromatic carbocycles. The molecule has 2 aliphatic heterocycles. The average Bonchev–Trinajstić information content (AvgIpc) is 2.95. The summed E-state index contributed by atoms with van der Waals surface area (Å²) in [5, 5.41) is 1.03. The molecule has 4 rings (SSSR count). The number of halogens is 1. The van der Waals surface area contributed by atoms with Crippen LogP contribution in [-0.2, 0) is 18.2 Å². The van der Waals surface area contributed by atoms with Gasteiger partial charge in [-0.15, -0.1) is 0 Å². The van der Waals surface area contributed by atoms with E-state index >= 15 is 0 Å². The largest absolute Gasteiger partial charge is 0.430 e. The zero-order chi connectivity index (χ0) is 19.1. The predicted octanol–water partition coefficient (Wildman–Crippen LogP) is 3.36. The van der Waals surface area contributed by atoms with E-state index in [4.69, 9.17) is 16.3 Å². The van der Waals surface area contributed by atoms with Gasteiger partial charge in [0.25, 0.3) is 5.91 Å². The fraction of sp³-hybridized carbons (Fsp3) is 0.500. The molecule has 1 fully saturated rings. The van der Waals surface area contributed by atoms with Crippen LogP contribution >= 0.6 is 11.6 Å². The van der Waals surface area contributed by atoms with Crippen molar-refractivity contribution in [2.75, 3.05) is 19.6 Å². The first-order chi connectivity index (χ1) is 13.0. The fourth-order valence-corrected chi connectivity index (χ4v) is 4.45. The van der Waals surface area contributed by atoms with Crippen molar-refractivity contribution in [1.82, 2.24) is 14.4 Å². The molecule has 0 bridgehead atoms. The number of aryl methyl sites for hydroxylation is 1. The van der Waals surface area contributed by atoms with Gasteiger partial charge >= 0.3 is 6.09 Å². The molecule has 144 valence electrons. The molecule has 0 saturated carbocycles. The van der Waals surface area contributed by atoms with Crippen molar-refractivity contribution in [2.24, 2.45) is 7.05 Å². The fourth-order valence-electron chi connectivity index (χ4n) is 4.37. The van der Waals surface area contributed by atoms with Crippen molar-refractivity contribution in [3.63, 3.8) is 0 Å². The zero-order valence-corrected chi connectivity index (χ0v) is 16.4. The van der Waals surface area contributed by atoms with Crippen molar-refractivity contribution >= 4 is 34.5 Å². The van der Waals surface area contributed by atoms with Crippen LogP contribution < -0.4 is 0 Å². The molecule has 7 heteroatoms. The van der Waals surface area contributed by atoms with Crippen LogP contribution in [-0.4, -0.2) is 57.6 Å². The summed E-state index contributed by atoms with van der Waals surface area (Å²) in [4.78, 5) is 29.0. The summed E-state index contributed by atoms with van der Waals surface area (Å²) in [5.41, 5.74) is 2.43. The maximum atomic E-state index is 13.3. The molecule has 2 aromatic rings. The Morgan fingerprint density at radius 2 is 1.93 bits per heavy atom. The van der Waals surface area contributed by atoms with Gasteiger partial charge in [0.15, 0.2) is 5.56 Å². The number of hydrogen-bond acceptors (Lipinski definition) is 3. The van der Waals surface area contributed by atoms with E-state index in [2.05, 4.69) is 10.6 Å². The second-order valence-electron chi connectivity index (χ2n) is 7.29. The summed E-state index contributed by atoms with van der Waals surface area (Å²) in [5.74, 6) is 0.114. The van der Waals surface area contributed by atoms with Crippen LogP contribution in [0.25, 0.3) is 10.9 Å². The van der Waals surface area contributed by atoms with Crippen LogP contribution in [0.5, 0.6) is 0 Å². The van der Waals surface area contributed by atoms with Gasteiger partial charge in [0.05, 0.1) is 5.56 Å². The van der Waals surface area contributed by atoms with Crippen LogP contribution in [0.2, 0.25) is 0 Å². The lowest BCUT2D eigenvalue weighted by atomic mass is 9.97. The number of nitrogens with zero attached hydrogens (tertiary/aromatic N) is 3. The van der Waals surface area contributed by atoms with Crippen LogP contribution in [0, 0.1) is 0 Å². The van der Waals surface area contributed by atoms with E-state index < -0.39 is 5.56 Å². The Hall–Kier alpha value is -2.21. The first-order valence-electron chi connectivity index (χ1n) is 9.44. The molecular formula is C20H24ClN3O3. The lowest BCUT2D eigenvalue weighted by Gasteiger charge is -2.40. The van der Waals surface area contributed by atoms with Gasteiger partial charge in [0, 0.05) is 55.7 Å². The highest BCUT2D eigenvalue weighted by Gasteiger charge is 2.36. The highest BCUT2D eigenvalue weighted by molar-refractivity contribution is 6.19. The highest BCUT2D eigenvalue weighted by atomic mass is 35.5. The van der Waals surface area contributed by atoms with E-state index in [1.165, 1.54) is 0 Å². The highest BCUT2D eigenvalue weighted by Crippen LogP contribution is 2.32. The maximum absolute atomic E-state index is 13.3. The van der Waals surface area contributed by atoms with Crippen LogP contribution in [0.4, 0.5) is 4.79 Å². The SMILES string of the molecule is CC(Cl)OC(=O)N1CCC(N2CCc3c(c4ccccc4n3C)C2=O)CC1. The standard InChI is InChI=1S/C20H24ClN3O3/c1-13(21)27-20(26)23-10-7-14(8-11-23)24-12-9-17-18(19(24)25)15-5-3-4-6-16(15)22(17)2/h3-6,13-14H,7-12H2,1-2H3. The molecule has 3 heterocycles. The minimum Gasteiger partial charge on any atom is -0.430 e. The van der Waals surface area contributed by atoms with E-state index in [0.717, 1.165) is 48.0 Å². The number of aromatic nitrogens is 1. The number of ether oxygens (including phenoxy) is 1.